The van der Waals surface area contributed by atoms with Gasteiger partial charge in [0, 0.05) is 32.2 Å². The third-order valence-electron chi connectivity index (χ3n) is 2.69. The molecular weight excluding hydrogens is 242 g/mol. The Morgan fingerprint density at radius 1 is 1.32 bits per heavy atom. The summed E-state index contributed by atoms with van der Waals surface area (Å²) in [6.45, 7) is 3.77. The van der Waals surface area contributed by atoms with Gasteiger partial charge in [0.1, 0.15) is 0 Å². The Kier molecular flexibility index (Phi) is 6.49. The fourth-order valence-electron chi connectivity index (χ4n) is 1.65. The molecule has 1 amide bonds. The van der Waals surface area contributed by atoms with Crippen LogP contribution >= 0.6 is 0 Å². The summed E-state index contributed by atoms with van der Waals surface area (Å²) in [5.74, 6) is -0.0985. The van der Waals surface area contributed by atoms with Gasteiger partial charge in [0.15, 0.2) is 0 Å². The molecular formula is C14H23N3O2. The lowest BCUT2D eigenvalue weighted by molar-refractivity contribution is -0.114. The SMILES string of the molecule is CC(=O)Nc1ccc(C(O)CNCCN(C)C)cc1. The Balaban J connectivity index is 2.39. The van der Waals surface area contributed by atoms with Crippen LogP contribution < -0.4 is 10.6 Å². The summed E-state index contributed by atoms with van der Waals surface area (Å²) in [6, 6.07) is 7.23. The van der Waals surface area contributed by atoms with Crippen molar-refractivity contribution in [1.82, 2.24) is 10.2 Å². The number of anilines is 1. The standard InChI is InChI=1S/C14H23N3O2/c1-11(18)16-13-6-4-12(5-7-13)14(19)10-15-8-9-17(2)3/h4-7,14-15,19H,8-10H2,1-3H3,(H,16,18). The van der Waals surface area contributed by atoms with E-state index < -0.39 is 6.10 Å². The fourth-order valence-corrected chi connectivity index (χ4v) is 1.65. The zero-order valence-electron chi connectivity index (χ0n) is 11.8. The molecule has 0 heterocycles. The molecule has 0 aliphatic rings. The number of benzene rings is 1. The van der Waals surface area contributed by atoms with Gasteiger partial charge in [0.05, 0.1) is 6.10 Å². The van der Waals surface area contributed by atoms with E-state index in [0.717, 1.165) is 24.3 Å². The smallest absolute Gasteiger partial charge is 0.221 e. The fraction of sp³-hybridized carbons (Fsp3) is 0.500. The van der Waals surface area contributed by atoms with Crippen LogP contribution in [0, 0.1) is 0 Å². The molecule has 1 aromatic carbocycles. The Morgan fingerprint density at radius 2 is 1.95 bits per heavy atom. The highest BCUT2D eigenvalue weighted by Gasteiger charge is 2.07. The van der Waals surface area contributed by atoms with Gasteiger partial charge in [-0.3, -0.25) is 4.79 Å². The summed E-state index contributed by atoms with van der Waals surface area (Å²) < 4.78 is 0. The second kappa shape index (κ2) is 7.89. The second-order valence-corrected chi connectivity index (χ2v) is 4.83. The van der Waals surface area contributed by atoms with E-state index in [0.29, 0.717) is 6.54 Å². The Hall–Kier alpha value is -1.43. The molecule has 1 unspecified atom stereocenters. The van der Waals surface area contributed by atoms with E-state index in [1.165, 1.54) is 6.92 Å². The van der Waals surface area contributed by atoms with Crippen LogP contribution in [0.5, 0.6) is 0 Å². The van der Waals surface area contributed by atoms with Crippen molar-refractivity contribution in [1.29, 1.82) is 0 Å². The molecule has 19 heavy (non-hydrogen) atoms. The third kappa shape index (κ3) is 6.33. The number of rotatable bonds is 7. The minimum absolute atomic E-state index is 0.0985. The van der Waals surface area contributed by atoms with E-state index >= 15 is 0 Å². The predicted molar refractivity (Wildman–Crippen MR) is 77.1 cm³/mol. The van der Waals surface area contributed by atoms with Gasteiger partial charge < -0.3 is 20.6 Å². The molecule has 0 aromatic heterocycles. The maximum Gasteiger partial charge on any atom is 0.221 e. The molecule has 1 rings (SSSR count). The minimum Gasteiger partial charge on any atom is -0.387 e. The van der Waals surface area contributed by atoms with E-state index in [-0.39, 0.29) is 5.91 Å². The molecule has 1 atom stereocenters. The maximum absolute atomic E-state index is 10.9. The molecule has 0 fully saturated rings. The first-order valence-electron chi connectivity index (χ1n) is 6.40. The summed E-state index contributed by atoms with van der Waals surface area (Å²) in [6.07, 6.45) is -0.534. The van der Waals surface area contributed by atoms with Gasteiger partial charge in [-0.1, -0.05) is 12.1 Å². The number of hydrogen-bond donors (Lipinski definition) is 3. The Bertz CT molecular complexity index is 390. The monoisotopic (exact) mass is 265 g/mol. The lowest BCUT2D eigenvalue weighted by atomic mass is 10.1. The summed E-state index contributed by atoms with van der Waals surface area (Å²) >= 11 is 0. The van der Waals surface area contributed by atoms with E-state index in [2.05, 4.69) is 15.5 Å². The molecule has 0 saturated carbocycles. The number of carbonyl (C=O) groups is 1. The van der Waals surface area contributed by atoms with Crippen molar-refractivity contribution in [2.24, 2.45) is 0 Å². The van der Waals surface area contributed by atoms with Crippen LogP contribution in [0.3, 0.4) is 0 Å². The first kappa shape index (κ1) is 15.6. The number of likely N-dealkylation sites (N-methyl/N-ethyl adjacent to an activating group) is 1. The van der Waals surface area contributed by atoms with Crippen LogP contribution in [0.15, 0.2) is 24.3 Å². The molecule has 1 aromatic rings. The van der Waals surface area contributed by atoms with Gasteiger partial charge >= 0.3 is 0 Å². The lowest BCUT2D eigenvalue weighted by Gasteiger charge is -2.14. The van der Waals surface area contributed by atoms with Gasteiger partial charge in [-0.05, 0) is 31.8 Å². The van der Waals surface area contributed by atoms with E-state index in [9.17, 15) is 9.90 Å². The maximum atomic E-state index is 10.9. The number of nitrogens with zero attached hydrogens (tertiary/aromatic N) is 1. The van der Waals surface area contributed by atoms with Gasteiger partial charge in [0.2, 0.25) is 5.91 Å². The third-order valence-corrected chi connectivity index (χ3v) is 2.69. The van der Waals surface area contributed by atoms with Crippen molar-refractivity contribution in [3.05, 3.63) is 29.8 Å². The van der Waals surface area contributed by atoms with Gasteiger partial charge in [-0.2, -0.15) is 0 Å². The van der Waals surface area contributed by atoms with Crippen molar-refractivity contribution in [2.75, 3.05) is 39.0 Å². The molecule has 5 heteroatoms. The number of aliphatic hydroxyl groups is 1. The van der Waals surface area contributed by atoms with E-state index in [4.69, 9.17) is 0 Å². The number of hydrogen-bond acceptors (Lipinski definition) is 4. The lowest BCUT2D eigenvalue weighted by Crippen LogP contribution is -2.29. The van der Waals surface area contributed by atoms with Crippen LogP contribution in [-0.2, 0) is 4.79 Å². The van der Waals surface area contributed by atoms with E-state index in [1.807, 2.05) is 26.2 Å². The van der Waals surface area contributed by atoms with Crippen LogP contribution in [-0.4, -0.2) is 49.6 Å². The second-order valence-electron chi connectivity index (χ2n) is 4.83. The Morgan fingerprint density at radius 3 is 2.47 bits per heavy atom. The molecule has 3 N–H and O–H groups in total. The highest BCUT2D eigenvalue weighted by atomic mass is 16.3. The highest BCUT2D eigenvalue weighted by Crippen LogP contribution is 2.15. The first-order valence-corrected chi connectivity index (χ1v) is 6.40. The van der Waals surface area contributed by atoms with Crippen LogP contribution in [0.2, 0.25) is 0 Å². The average molecular weight is 265 g/mol. The number of nitrogens with one attached hydrogen (secondary N) is 2. The Labute approximate surface area is 114 Å². The van der Waals surface area contributed by atoms with Crippen LogP contribution in [0.1, 0.15) is 18.6 Å². The minimum atomic E-state index is -0.534. The molecule has 0 spiro atoms. The summed E-state index contributed by atoms with van der Waals surface area (Å²) in [7, 11) is 4.03. The molecule has 5 nitrogen and oxygen atoms in total. The molecule has 0 aliphatic heterocycles. The zero-order chi connectivity index (χ0) is 14.3. The normalized spacial score (nSPS) is 12.5. The van der Waals surface area contributed by atoms with Crippen molar-refractivity contribution < 1.29 is 9.90 Å². The van der Waals surface area contributed by atoms with E-state index in [1.54, 1.807) is 12.1 Å². The number of carbonyl (C=O) groups excluding carboxylic acids is 1. The molecule has 0 radical (unpaired) electrons. The van der Waals surface area contributed by atoms with Crippen molar-refractivity contribution in [2.45, 2.75) is 13.0 Å². The van der Waals surface area contributed by atoms with Crippen LogP contribution in [0.25, 0.3) is 0 Å². The largest absolute Gasteiger partial charge is 0.387 e. The van der Waals surface area contributed by atoms with Crippen molar-refractivity contribution in [3.8, 4) is 0 Å². The molecule has 0 saturated heterocycles. The number of aliphatic hydroxyl groups excluding tert-OH is 1. The zero-order valence-corrected chi connectivity index (χ0v) is 11.8. The topological polar surface area (TPSA) is 64.6 Å². The van der Waals surface area contributed by atoms with Gasteiger partial charge in [0.25, 0.3) is 0 Å². The molecule has 106 valence electrons. The van der Waals surface area contributed by atoms with Crippen molar-refractivity contribution >= 4 is 11.6 Å². The summed E-state index contributed by atoms with van der Waals surface area (Å²) in [5, 5.41) is 15.9. The predicted octanol–water partition coefficient (Wildman–Crippen LogP) is 0.830. The number of amides is 1. The molecule has 0 bridgehead atoms. The highest BCUT2D eigenvalue weighted by molar-refractivity contribution is 5.88. The van der Waals surface area contributed by atoms with Crippen LogP contribution in [0.4, 0.5) is 5.69 Å². The summed E-state index contributed by atoms with van der Waals surface area (Å²) in [4.78, 5) is 13.0. The van der Waals surface area contributed by atoms with Crippen molar-refractivity contribution in [3.63, 3.8) is 0 Å². The summed E-state index contributed by atoms with van der Waals surface area (Å²) in [5.41, 5.74) is 1.58. The quantitative estimate of drug-likeness (QED) is 0.639. The average Bonchev–Trinajstić information content (AvgIpc) is 2.34. The van der Waals surface area contributed by atoms with Gasteiger partial charge in [-0.15, -0.1) is 0 Å². The molecule has 0 aliphatic carbocycles. The first-order chi connectivity index (χ1) is 8.99. The van der Waals surface area contributed by atoms with Gasteiger partial charge in [-0.25, -0.2) is 0 Å².